The minimum absolute atomic E-state index is 0.652. The van der Waals surface area contributed by atoms with E-state index >= 15 is 0 Å². The van der Waals surface area contributed by atoms with E-state index in [2.05, 4.69) is 279 Å². The molecule has 326 valence electrons. The molecular weight excluding hydrogens is 837 g/mol. The highest BCUT2D eigenvalue weighted by Crippen LogP contribution is 2.45. The zero-order valence-corrected chi connectivity index (χ0v) is 37.9. The highest BCUT2D eigenvalue weighted by molar-refractivity contribution is 6.06. The molecule has 0 unspecified atom stereocenters. The van der Waals surface area contributed by atoms with Gasteiger partial charge in [0.05, 0.1) is 44.5 Å². The number of hydrogen-bond donors (Lipinski definition) is 1. The van der Waals surface area contributed by atoms with Crippen molar-refractivity contribution in [3.05, 3.63) is 266 Å². The normalized spacial score (nSPS) is 11.5. The lowest BCUT2D eigenvalue weighted by Gasteiger charge is -2.16. The SMILES string of the molecule is c1ccc(Cn2c3ccc2c(-c2ccccc2)c2ccc4c(-c5ccccc5)c5ccc(c(-c6ccccc6)c6ccc([nH]6)c3-c3ccccc3)n5c(-c3ccccc3)c(-c3ccccc3)n24)cc1. The second-order valence-corrected chi connectivity index (χ2v) is 17.7. The van der Waals surface area contributed by atoms with Crippen LogP contribution in [0, 0.1) is 0 Å². The average molecular weight is 883 g/mol. The summed E-state index contributed by atoms with van der Waals surface area (Å²) in [6.45, 7) is 0.652. The van der Waals surface area contributed by atoms with Crippen LogP contribution >= 0.6 is 0 Å². The molecule has 13 aromatic rings. The molecule has 4 nitrogen and oxygen atoms in total. The fraction of sp³-hybridized carbons (Fsp3) is 0.0154. The third kappa shape index (κ3) is 6.84. The van der Waals surface area contributed by atoms with Crippen molar-refractivity contribution in [3.63, 3.8) is 0 Å². The lowest BCUT2D eigenvalue weighted by Crippen LogP contribution is -2.02. The molecule has 6 aromatic heterocycles. The number of nitrogens with zero attached hydrogens (tertiary/aromatic N) is 3. The van der Waals surface area contributed by atoms with Gasteiger partial charge >= 0.3 is 0 Å². The first-order valence-corrected chi connectivity index (χ1v) is 23.7. The van der Waals surface area contributed by atoms with Crippen LogP contribution in [0.4, 0.5) is 0 Å². The first kappa shape index (κ1) is 40.2. The minimum Gasteiger partial charge on any atom is -0.354 e. The Morgan fingerprint density at radius 3 is 0.913 bits per heavy atom. The van der Waals surface area contributed by atoms with Crippen molar-refractivity contribution in [2.24, 2.45) is 0 Å². The second-order valence-electron chi connectivity index (χ2n) is 17.7. The van der Waals surface area contributed by atoms with Crippen molar-refractivity contribution >= 4 is 44.1 Å². The predicted octanol–water partition coefficient (Wildman–Crippen LogP) is 17.0. The molecule has 13 rings (SSSR count). The van der Waals surface area contributed by atoms with Gasteiger partial charge in [-0.3, -0.25) is 0 Å². The molecule has 0 aliphatic rings. The second kappa shape index (κ2) is 16.9. The van der Waals surface area contributed by atoms with Crippen molar-refractivity contribution in [2.45, 2.75) is 6.54 Å². The lowest BCUT2D eigenvalue weighted by molar-refractivity contribution is 0.868. The Kier molecular flexibility index (Phi) is 9.87. The predicted molar refractivity (Wildman–Crippen MR) is 289 cm³/mol. The summed E-state index contributed by atoms with van der Waals surface area (Å²) in [6.07, 6.45) is 0. The van der Waals surface area contributed by atoms with Gasteiger partial charge in [-0.15, -0.1) is 0 Å². The zero-order valence-electron chi connectivity index (χ0n) is 37.9. The largest absolute Gasteiger partial charge is 0.354 e. The van der Waals surface area contributed by atoms with Crippen LogP contribution in [0.25, 0.3) is 111 Å². The maximum Gasteiger partial charge on any atom is 0.0782 e. The molecule has 69 heavy (non-hydrogen) atoms. The van der Waals surface area contributed by atoms with Crippen molar-refractivity contribution in [1.82, 2.24) is 18.4 Å². The molecule has 7 aromatic carbocycles. The molecule has 6 bridgehead atoms. The smallest absolute Gasteiger partial charge is 0.0782 e. The molecule has 0 atom stereocenters. The Morgan fingerprint density at radius 1 is 0.246 bits per heavy atom. The highest BCUT2D eigenvalue weighted by Gasteiger charge is 2.25. The van der Waals surface area contributed by atoms with Crippen LogP contribution < -0.4 is 0 Å². The molecule has 0 aliphatic heterocycles. The van der Waals surface area contributed by atoms with E-state index < -0.39 is 0 Å². The molecule has 0 aliphatic carbocycles. The first-order valence-electron chi connectivity index (χ1n) is 23.7. The third-order valence-electron chi connectivity index (χ3n) is 13.7. The highest BCUT2D eigenvalue weighted by atomic mass is 15.0. The van der Waals surface area contributed by atoms with E-state index in [4.69, 9.17) is 0 Å². The monoisotopic (exact) mass is 882 g/mol. The Bertz CT molecular complexity index is 4040. The van der Waals surface area contributed by atoms with E-state index in [0.29, 0.717) is 6.54 Å². The van der Waals surface area contributed by atoms with Gasteiger partial charge in [-0.2, -0.15) is 0 Å². The minimum atomic E-state index is 0.652. The van der Waals surface area contributed by atoms with Gasteiger partial charge in [0, 0.05) is 51.0 Å². The summed E-state index contributed by atoms with van der Waals surface area (Å²) in [5.41, 5.74) is 23.3. The molecule has 6 heterocycles. The van der Waals surface area contributed by atoms with E-state index in [1.54, 1.807) is 0 Å². The molecule has 0 saturated heterocycles. The lowest BCUT2D eigenvalue weighted by atomic mass is 10.0. The maximum absolute atomic E-state index is 4.10. The zero-order chi connectivity index (χ0) is 45.7. The average Bonchev–Trinajstić information content (AvgIpc) is 4.23. The van der Waals surface area contributed by atoms with Gasteiger partial charge in [0.15, 0.2) is 0 Å². The standard InChI is InChI=1S/C65H46N4/c1-8-22-45(23-9-1)44-67-54-38-39-55(67)62(48-28-14-4-15-29-48)57-42-43-59-63(49-30-16-5-17-31-49)58-41-40-56(68(58)64(50-32-18-6-19-33-50)65(69(57)59)51-34-20-7-21-35-51)61(47-26-12-3-13-27-47)53-37-36-52(66-53)60(54)46-24-10-2-11-25-46/h1-43,66H,44H2. The Hall–Kier alpha value is -9.12. The van der Waals surface area contributed by atoms with Crippen LogP contribution in [-0.2, 0) is 6.54 Å². The summed E-state index contributed by atoms with van der Waals surface area (Å²) in [5, 5.41) is 0. The Morgan fingerprint density at radius 2 is 0.522 bits per heavy atom. The molecule has 0 saturated carbocycles. The van der Waals surface area contributed by atoms with E-state index in [1.807, 2.05) is 0 Å². The van der Waals surface area contributed by atoms with E-state index in [-0.39, 0.29) is 0 Å². The van der Waals surface area contributed by atoms with Gasteiger partial charge in [-0.25, -0.2) is 0 Å². The van der Waals surface area contributed by atoms with E-state index in [9.17, 15) is 0 Å². The summed E-state index contributed by atoms with van der Waals surface area (Å²) >= 11 is 0. The van der Waals surface area contributed by atoms with Gasteiger partial charge in [0.1, 0.15) is 0 Å². The molecule has 1 N–H and O–H groups in total. The summed E-state index contributed by atoms with van der Waals surface area (Å²) in [4.78, 5) is 4.10. The Labute approximate surface area is 400 Å². The third-order valence-corrected chi connectivity index (χ3v) is 13.7. The number of hydrogen-bond acceptors (Lipinski definition) is 0. The molecule has 0 fully saturated rings. The number of H-pyrrole nitrogens is 1. The number of aromatic amines is 1. The summed E-state index contributed by atoms with van der Waals surface area (Å²) in [7, 11) is 0. The van der Waals surface area contributed by atoms with Crippen molar-refractivity contribution < 1.29 is 0 Å². The molecular formula is C65H46N4. The summed E-state index contributed by atoms with van der Waals surface area (Å²) in [5.74, 6) is 0. The number of aromatic nitrogens is 4. The quantitative estimate of drug-likeness (QED) is 0.158. The number of fused-ring (bicyclic) bond motifs is 5. The van der Waals surface area contributed by atoms with Crippen LogP contribution in [0.2, 0.25) is 0 Å². The van der Waals surface area contributed by atoms with Crippen LogP contribution in [-0.4, -0.2) is 18.4 Å². The fourth-order valence-corrected chi connectivity index (χ4v) is 10.8. The van der Waals surface area contributed by atoms with Crippen LogP contribution in [0.1, 0.15) is 5.56 Å². The van der Waals surface area contributed by atoms with E-state index in [1.165, 1.54) is 5.56 Å². The molecule has 0 spiro atoms. The topological polar surface area (TPSA) is 29.5 Å². The van der Waals surface area contributed by atoms with Gasteiger partial charge < -0.3 is 18.4 Å². The summed E-state index contributed by atoms with van der Waals surface area (Å²) < 4.78 is 7.68. The van der Waals surface area contributed by atoms with Gasteiger partial charge in [0.2, 0.25) is 0 Å². The van der Waals surface area contributed by atoms with Crippen LogP contribution in [0.3, 0.4) is 0 Å². The maximum atomic E-state index is 4.10. The van der Waals surface area contributed by atoms with Gasteiger partial charge in [-0.1, -0.05) is 212 Å². The van der Waals surface area contributed by atoms with Crippen LogP contribution in [0.15, 0.2) is 261 Å². The van der Waals surface area contributed by atoms with Crippen molar-refractivity contribution in [1.29, 1.82) is 0 Å². The van der Waals surface area contributed by atoms with E-state index in [0.717, 1.165) is 111 Å². The first-order chi connectivity index (χ1) is 34.3. The number of rotatable bonds is 8. The van der Waals surface area contributed by atoms with Crippen LogP contribution in [0.5, 0.6) is 0 Å². The van der Waals surface area contributed by atoms with Gasteiger partial charge in [0.25, 0.3) is 0 Å². The molecule has 4 heteroatoms. The Balaban J connectivity index is 1.41. The van der Waals surface area contributed by atoms with Crippen molar-refractivity contribution in [3.8, 4) is 67.0 Å². The number of benzene rings is 7. The molecule has 0 amide bonds. The van der Waals surface area contributed by atoms with Crippen molar-refractivity contribution in [2.75, 3.05) is 0 Å². The van der Waals surface area contributed by atoms with Gasteiger partial charge in [-0.05, 0) is 76.3 Å². The number of nitrogens with one attached hydrogen (secondary N) is 1. The summed E-state index contributed by atoms with van der Waals surface area (Å²) in [6, 6.07) is 95.3. The molecule has 0 radical (unpaired) electrons. The fourth-order valence-electron chi connectivity index (χ4n) is 10.8.